The molecule has 18 heavy (non-hydrogen) atoms. The van der Waals surface area contributed by atoms with Gasteiger partial charge < -0.3 is 5.32 Å². The Labute approximate surface area is 126 Å². The fourth-order valence-electron chi connectivity index (χ4n) is 1.96. The van der Waals surface area contributed by atoms with Crippen LogP contribution in [0.3, 0.4) is 0 Å². The van der Waals surface area contributed by atoms with Gasteiger partial charge >= 0.3 is 0 Å². The molecule has 4 nitrogen and oxygen atoms in total. The molecule has 0 unspecified atom stereocenters. The Morgan fingerprint density at radius 2 is 2.06 bits per heavy atom. The van der Waals surface area contributed by atoms with Crippen molar-refractivity contribution in [2.45, 2.75) is 23.1 Å². The molecule has 2 rings (SSSR count). The molecule has 1 saturated heterocycles. The highest BCUT2D eigenvalue weighted by Crippen LogP contribution is 2.31. The van der Waals surface area contributed by atoms with Crippen LogP contribution in [0, 0.1) is 0 Å². The number of thiophene rings is 1. The van der Waals surface area contributed by atoms with Crippen molar-refractivity contribution < 1.29 is 8.42 Å². The second-order valence-electron chi connectivity index (χ2n) is 4.06. The van der Waals surface area contributed by atoms with E-state index in [4.69, 9.17) is 0 Å². The second-order valence-corrected chi connectivity index (χ2v) is 8.02. The van der Waals surface area contributed by atoms with Gasteiger partial charge in [-0.25, -0.2) is 8.42 Å². The summed E-state index contributed by atoms with van der Waals surface area (Å²) in [5.74, 6) is 0. The summed E-state index contributed by atoms with van der Waals surface area (Å²) >= 11 is 4.54. The van der Waals surface area contributed by atoms with Crippen molar-refractivity contribution in [3.8, 4) is 0 Å². The van der Waals surface area contributed by atoms with Crippen molar-refractivity contribution in [3.63, 3.8) is 0 Å². The van der Waals surface area contributed by atoms with Gasteiger partial charge in [0.2, 0.25) is 0 Å². The summed E-state index contributed by atoms with van der Waals surface area (Å²) < 4.78 is 27.4. The third-order valence-electron chi connectivity index (χ3n) is 3.02. The second kappa shape index (κ2) is 6.67. The molecule has 0 radical (unpaired) electrons. The Hall–Kier alpha value is 0.340. The van der Waals surface area contributed by atoms with Crippen LogP contribution in [0.15, 0.2) is 20.1 Å². The normalized spacial score (nSPS) is 17.7. The van der Waals surface area contributed by atoms with Gasteiger partial charge in [0.25, 0.3) is 10.0 Å². The van der Waals surface area contributed by atoms with Gasteiger partial charge in [-0.2, -0.15) is 4.31 Å². The van der Waals surface area contributed by atoms with Gasteiger partial charge in [0.05, 0.1) is 0 Å². The predicted molar refractivity (Wildman–Crippen MR) is 80.1 cm³/mol. The van der Waals surface area contributed by atoms with Gasteiger partial charge in [-0.3, -0.25) is 0 Å². The van der Waals surface area contributed by atoms with Gasteiger partial charge in [0.15, 0.2) is 0 Å². The van der Waals surface area contributed by atoms with Gasteiger partial charge in [0.1, 0.15) is 4.21 Å². The van der Waals surface area contributed by atoms with E-state index >= 15 is 0 Å². The van der Waals surface area contributed by atoms with E-state index in [9.17, 15) is 8.42 Å². The van der Waals surface area contributed by atoms with Gasteiger partial charge in [-0.15, -0.1) is 23.7 Å². The standard InChI is InChI=1S/C10H15BrN2O2S2.ClH/c1-13(8-2-5-12-6-3-8)17(14,15)10-9(11)4-7-16-10;/h4,7-8,12H,2-3,5-6H2,1H3;1H. The molecule has 1 aromatic rings. The SMILES string of the molecule is CN(C1CCNCC1)S(=O)(=O)c1sccc1Br.Cl. The van der Waals surface area contributed by atoms with Crippen molar-refractivity contribution in [1.82, 2.24) is 9.62 Å². The van der Waals surface area contributed by atoms with Crippen LogP contribution in [-0.4, -0.2) is 38.9 Å². The molecular formula is C10H16BrClN2O2S2. The minimum atomic E-state index is -3.35. The Morgan fingerprint density at radius 1 is 1.44 bits per heavy atom. The largest absolute Gasteiger partial charge is 0.317 e. The topological polar surface area (TPSA) is 49.4 Å². The van der Waals surface area contributed by atoms with Crippen LogP contribution in [0.2, 0.25) is 0 Å². The zero-order valence-corrected chi connectivity index (χ0v) is 14.0. The Bertz CT molecular complexity index is 486. The number of nitrogens with zero attached hydrogens (tertiary/aromatic N) is 1. The van der Waals surface area contributed by atoms with Crippen LogP contribution < -0.4 is 5.32 Å². The minimum absolute atomic E-state index is 0. The summed E-state index contributed by atoms with van der Waals surface area (Å²) in [6.45, 7) is 1.77. The van der Waals surface area contributed by atoms with E-state index in [1.165, 1.54) is 15.6 Å². The summed E-state index contributed by atoms with van der Waals surface area (Å²) in [6.07, 6.45) is 1.75. The lowest BCUT2D eigenvalue weighted by Crippen LogP contribution is -2.43. The average molecular weight is 376 g/mol. The summed E-state index contributed by atoms with van der Waals surface area (Å²) in [4.78, 5) is 0. The van der Waals surface area contributed by atoms with Crippen LogP contribution in [0.25, 0.3) is 0 Å². The van der Waals surface area contributed by atoms with Crippen LogP contribution >= 0.6 is 39.7 Å². The molecule has 1 N–H and O–H groups in total. The van der Waals surface area contributed by atoms with Crippen molar-refractivity contribution >= 4 is 49.7 Å². The van der Waals surface area contributed by atoms with Crippen LogP contribution in [0.4, 0.5) is 0 Å². The molecule has 0 bridgehead atoms. The molecule has 0 aliphatic carbocycles. The molecule has 0 spiro atoms. The Kier molecular flexibility index (Phi) is 6.08. The van der Waals surface area contributed by atoms with E-state index in [0.29, 0.717) is 8.68 Å². The van der Waals surface area contributed by atoms with E-state index in [1.54, 1.807) is 18.5 Å². The monoisotopic (exact) mass is 374 g/mol. The summed E-state index contributed by atoms with van der Waals surface area (Å²) in [5, 5.41) is 5.02. The Morgan fingerprint density at radius 3 is 2.56 bits per heavy atom. The number of hydrogen-bond donors (Lipinski definition) is 1. The van der Waals surface area contributed by atoms with Crippen LogP contribution in [0.5, 0.6) is 0 Å². The number of nitrogens with one attached hydrogen (secondary N) is 1. The highest BCUT2D eigenvalue weighted by atomic mass is 79.9. The molecule has 1 fully saturated rings. The predicted octanol–water partition coefficient (Wildman–Crippen LogP) is 2.30. The maximum atomic E-state index is 12.4. The smallest absolute Gasteiger partial charge is 0.253 e. The maximum absolute atomic E-state index is 12.4. The van der Waals surface area contributed by atoms with E-state index in [2.05, 4.69) is 21.2 Å². The number of rotatable bonds is 3. The lowest BCUT2D eigenvalue weighted by Gasteiger charge is -2.30. The van der Waals surface area contributed by atoms with Crippen LogP contribution in [-0.2, 0) is 10.0 Å². The molecule has 8 heteroatoms. The minimum Gasteiger partial charge on any atom is -0.317 e. The molecule has 0 saturated carbocycles. The van der Waals surface area contributed by atoms with Crippen molar-refractivity contribution in [2.24, 2.45) is 0 Å². The zero-order chi connectivity index (χ0) is 12.5. The number of sulfonamides is 1. The van der Waals surface area contributed by atoms with Gasteiger partial charge in [-0.05, 0) is 53.3 Å². The fourth-order valence-corrected chi connectivity index (χ4v) is 5.86. The fraction of sp³-hybridized carbons (Fsp3) is 0.600. The molecule has 104 valence electrons. The molecule has 1 aliphatic rings. The first-order valence-corrected chi connectivity index (χ1v) is 8.56. The third-order valence-corrected chi connectivity index (χ3v) is 7.58. The molecule has 1 aliphatic heterocycles. The average Bonchev–Trinajstić information content (AvgIpc) is 2.76. The molecule has 0 aromatic carbocycles. The van der Waals surface area contributed by atoms with Gasteiger partial charge in [-0.1, -0.05) is 0 Å². The number of halogens is 2. The van der Waals surface area contributed by atoms with Crippen molar-refractivity contribution in [1.29, 1.82) is 0 Å². The van der Waals surface area contributed by atoms with E-state index in [1.807, 2.05) is 0 Å². The quantitative estimate of drug-likeness (QED) is 0.882. The lowest BCUT2D eigenvalue weighted by atomic mass is 10.1. The van der Waals surface area contributed by atoms with Crippen molar-refractivity contribution in [2.75, 3.05) is 20.1 Å². The molecule has 0 amide bonds. The molecule has 2 heterocycles. The highest BCUT2D eigenvalue weighted by Gasteiger charge is 2.31. The number of piperidine rings is 1. The summed E-state index contributed by atoms with van der Waals surface area (Å²) in [7, 11) is -1.67. The lowest BCUT2D eigenvalue weighted by molar-refractivity contribution is 0.297. The molecule has 1 aromatic heterocycles. The first-order chi connectivity index (χ1) is 8.03. The summed E-state index contributed by atoms with van der Waals surface area (Å²) in [6, 6.07) is 1.88. The first-order valence-electron chi connectivity index (χ1n) is 5.45. The third kappa shape index (κ3) is 3.26. The van der Waals surface area contributed by atoms with Crippen molar-refractivity contribution in [3.05, 3.63) is 15.9 Å². The van der Waals surface area contributed by atoms with E-state index in [0.717, 1.165) is 25.9 Å². The zero-order valence-electron chi connectivity index (χ0n) is 9.93. The van der Waals surface area contributed by atoms with Gasteiger partial charge in [0, 0.05) is 17.6 Å². The first kappa shape index (κ1) is 16.4. The molecule has 0 atom stereocenters. The molecular weight excluding hydrogens is 360 g/mol. The Balaban J connectivity index is 0.00000162. The van der Waals surface area contributed by atoms with E-state index in [-0.39, 0.29) is 18.4 Å². The maximum Gasteiger partial charge on any atom is 0.253 e. The summed E-state index contributed by atoms with van der Waals surface area (Å²) in [5.41, 5.74) is 0. The number of hydrogen-bond acceptors (Lipinski definition) is 4. The highest BCUT2D eigenvalue weighted by molar-refractivity contribution is 9.10. The van der Waals surface area contributed by atoms with Crippen LogP contribution in [0.1, 0.15) is 12.8 Å². The van der Waals surface area contributed by atoms with E-state index < -0.39 is 10.0 Å².